The molecule has 1 aromatic rings. The number of hydrogen-bond donors (Lipinski definition) is 1. The summed E-state index contributed by atoms with van der Waals surface area (Å²) in [5, 5.41) is 1.41. The smallest absolute Gasteiger partial charge is 0.0464 e. The summed E-state index contributed by atoms with van der Waals surface area (Å²) in [4.78, 5) is 0. The van der Waals surface area contributed by atoms with Gasteiger partial charge < -0.3 is 5.73 Å². The van der Waals surface area contributed by atoms with Gasteiger partial charge in [-0.15, -0.1) is 0 Å². The Morgan fingerprint density at radius 1 is 1.38 bits per heavy atom. The second kappa shape index (κ2) is 3.70. The maximum absolute atomic E-state index is 6.06. The van der Waals surface area contributed by atoms with Gasteiger partial charge in [0.15, 0.2) is 0 Å². The van der Waals surface area contributed by atoms with Crippen molar-refractivity contribution in [2.24, 2.45) is 5.73 Å². The molecule has 13 heavy (non-hydrogen) atoms. The standard InChI is InChI=1S/C9H9Cl2NS/c10-5-1-6-7(8(11)2-5)3-13-4-9(6)12/h1-2,9H,3-4,12H2/t9-/m0/s1. The second-order valence-electron chi connectivity index (χ2n) is 3.08. The van der Waals surface area contributed by atoms with E-state index in [4.69, 9.17) is 28.9 Å². The van der Waals surface area contributed by atoms with Gasteiger partial charge in [-0.1, -0.05) is 23.2 Å². The molecule has 0 amide bonds. The monoisotopic (exact) mass is 233 g/mol. The summed E-state index contributed by atoms with van der Waals surface area (Å²) in [6, 6.07) is 3.78. The zero-order chi connectivity index (χ0) is 9.42. The van der Waals surface area contributed by atoms with E-state index >= 15 is 0 Å². The Bertz CT molecular complexity index is 341. The van der Waals surface area contributed by atoms with Crippen molar-refractivity contribution in [3.8, 4) is 0 Å². The lowest BCUT2D eigenvalue weighted by atomic mass is 10.0. The third kappa shape index (κ3) is 1.82. The summed E-state index contributed by atoms with van der Waals surface area (Å²) in [5.41, 5.74) is 8.20. The summed E-state index contributed by atoms with van der Waals surface area (Å²) >= 11 is 13.8. The lowest BCUT2D eigenvalue weighted by Gasteiger charge is -2.22. The van der Waals surface area contributed by atoms with Gasteiger partial charge in [-0.3, -0.25) is 0 Å². The molecule has 1 aromatic carbocycles. The van der Waals surface area contributed by atoms with Crippen LogP contribution in [0.1, 0.15) is 17.2 Å². The van der Waals surface area contributed by atoms with Gasteiger partial charge in [0, 0.05) is 27.6 Å². The number of thioether (sulfide) groups is 1. The minimum atomic E-state index is 0.0740. The fourth-order valence-electron chi connectivity index (χ4n) is 1.48. The Balaban J connectivity index is 2.56. The summed E-state index contributed by atoms with van der Waals surface area (Å²) in [6.45, 7) is 0. The maximum Gasteiger partial charge on any atom is 0.0464 e. The molecule has 2 rings (SSSR count). The molecule has 0 aliphatic carbocycles. The molecule has 0 spiro atoms. The summed E-state index contributed by atoms with van der Waals surface area (Å²) in [5.74, 6) is 1.89. The molecule has 0 unspecified atom stereocenters. The minimum absolute atomic E-state index is 0.0740. The molecular weight excluding hydrogens is 225 g/mol. The normalized spacial score (nSPS) is 21.3. The molecule has 1 atom stereocenters. The molecule has 0 fully saturated rings. The maximum atomic E-state index is 6.06. The van der Waals surface area contributed by atoms with Crippen LogP contribution in [0.15, 0.2) is 12.1 Å². The molecule has 0 saturated heterocycles. The first-order valence-electron chi connectivity index (χ1n) is 3.99. The van der Waals surface area contributed by atoms with Crippen LogP contribution in [0, 0.1) is 0 Å². The van der Waals surface area contributed by atoms with Crippen molar-refractivity contribution in [3.05, 3.63) is 33.3 Å². The molecule has 2 N–H and O–H groups in total. The van der Waals surface area contributed by atoms with Gasteiger partial charge in [0.25, 0.3) is 0 Å². The van der Waals surface area contributed by atoms with Gasteiger partial charge in [0.2, 0.25) is 0 Å². The molecule has 0 bridgehead atoms. The van der Waals surface area contributed by atoms with Crippen molar-refractivity contribution in [2.75, 3.05) is 5.75 Å². The van der Waals surface area contributed by atoms with Crippen molar-refractivity contribution in [1.82, 2.24) is 0 Å². The van der Waals surface area contributed by atoms with Crippen LogP contribution in [0.25, 0.3) is 0 Å². The molecule has 1 nitrogen and oxygen atoms in total. The van der Waals surface area contributed by atoms with E-state index in [1.54, 1.807) is 6.07 Å². The van der Waals surface area contributed by atoms with Gasteiger partial charge in [-0.2, -0.15) is 11.8 Å². The number of rotatable bonds is 0. The highest BCUT2D eigenvalue weighted by atomic mass is 35.5. The van der Waals surface area contributed by atoms with E-state index in [2.05, 4.69) is 0 Å². The quantitative estimate of drug-likeness (QED) is 0.745. The third-order valence-electron chi connectivity index (χ3n) is 2.14. The summed E-state index contributed by atoms with van der Waals surface area (Å²) < 4.78 is 0. The molecule has 1 aliphatic rings. The van der Waals surface area contributed by atoms with Gasteiger partial charge in [-0.05, 0) is 23.3 Å². The SMILES string of the molecule is N[C@H]1CSCc2c(Cl)cc(Cl)cc21. The molecule has 70 valence electrons. The van der Waals surface area contributed by atoms with Crippen molar-refractivity contribution >= 4 is 35.0 Å². The van der Waals surface area contributed by atoms with E-state index in [9.17, 15) is 0 Å². The van der Waals surface area contributed by atoms with E-state index in [1.807, 2.05) is 17.8 Å². The van der Waals surface area contributed by atoms with E-state index in [1.165, 1.54) is 0 Å². The zero-order valence-electron chi connectivity index (χ0n) is 6.89. The lowest BCUT2D eigenvalue weighted by Crippen LogP contribution is -2.19. The summed E-state index contributed by atoms with van der Waals surface area (Å²) in [6.07, 6.45) is 0. The van der Waals surface area contributed by atoms with Gasteiger partial charge in [0.05, 0.1) is 0 Å². The first kappa shape index (κ1) is 9.66. The van der Waals surface area contributed by atoms with Crippen LogP contribution in [0.3, 0.4) is 0 Å². The number of halogens is 2. The number of nitrogens with two attached hydrogens (primary N) is 1. The number of hydrogen-bond acceptors (Lipinski definition) is 2. The van der Waals surface area contributed by atoms with Crippen molar-refractivity contribution in [1.29, 1.82) is 0 Å². The topological polar surface area (TPSA) is 26.0 Å². The van der Waals surface area contributed by atoms with Gasteiger partial charge in [-0.25, -0.2) is 0 Å². The van der Waals surface area contributed by atoms with Crippen LogP contribution in [-0.4, -0.2) is 5.75 Å². The average molecular weight is 234 g/mol. The van der Waals surface area contributed by atoms with Crippen LogP contribution >= 0.6 is 35.0 Å². The molecule has 1 heterocycles. The number of fused-ring (bicyclic) bond motifs is 1. The fraction of sp³-hybridized carbons (Fsp3) is 0.333. The van der Waals surface area contributed by atoms with Crippen molar-refractivity contribution in [3.63, 3.8) is 0 Å². The van der Waals surface area contributed by atoms with Crippen LogP contribution in [-0.2, 0) is 5.75 Å². The highest BCUT2D eigenvalue weighted by Gasteiger charge is 2.19. The Labute approximate surface area is 91.6 Å². The number of benzene rings is 1. The Kier molecular flexibility index (Phi) is 2.75. The largest absolute Gasteiger partial charge is 0.323 e. The van der Waals surface area contributed by atoms with E-state index in [-0.39, 0.29) is 6.04 Å². The molecule has 0 saturated carbocycles. The third-order valence-corrected chi connectivity index (χ3v) is 3.78. The van der Waals surface area contributed by atoms with E-state index < -0.39 is 0 Å². The molecule has 0 radical (unpaired) electrons. The first-order chi connectivity index (χ1) is 6.18. The Morgan fingerprint density at radius 3 is 2.92 bits per heavy atom. The Morgan fingerprint density at radius 2 is 2.15 bits per heavy atom. The van der Waals surface area contributed by atoms with Crippen molar-refractivity contribution in [2.45, 2.75) is 11.8 Å². The summed E-state index contributed by atoms with van der Waals surface area (Å²) in [7, 11) is 0. The van der Waals surface area contributed by atoms with Crippen molar-refractivity contribution < 1.29 is 0 Å². The Hall–Kier alpha value is 0.110. The van der Waals surface area contributed by atoms with Crippen LogP contribution in [0.2, 0.25) is 10.0 Å². The first-order valence-corrected chi connectivity index (χ1v) is 5.90. The van der Waals surface area contributed by atoms with E-state index in [0.29, 0.717) is 5.02 Å². The molecule has 0 aromatic heterocycles. The molecule has 1 aliphatic heterocycles. The average Bonchev–Trinajstić information content (AvgIpc) is 2.07. The highest BCUT2D eigenvalue weighted by Crippen LogP contribution is 2.36. The lowest BCUT2D eigenvalue weighted by molar-refractivity contribution is 0.810. The van der Waals surface area contributed by atoms with Gasteiger partial charge >= 0.3 is 0 Å². The van der Waals surface area contributed by atoms with Crippen LogP contribution in [0.5, 0.6) is 0 Å². The zero-order valence-corrected chi connectivity index (χ0v) is 9.22. The molecule has 4 heteroatoms. The van der Waals surface area contributed by atoms with E-state index in [0.717, 1.165) is 27.7 Å². The highest BCUT2D eigenvalue weighted by molar-refractivity contribution is 7.98. The second-order valence-corrected chi connectivity index (χ2v) is 4.95. The predicted molar refractivity (Wildman–Crippen MR) is 59.6 cm³/mol. The fourth-order valence-corrected chi connectivity index (χ4v) is 3.22. The van der Waals surface area contributed by atoms with Crippen LogP contribution < -0.4 is 5.73 Å². The van der Waals surface area contributed by atoms with Gasteiger partial charge in [0.1, 0.15) is 0 Å². The minimum Gasteiger partial charge on any atom is -0.323 e. The molecular formula is C9H9Cl2NS. The van der Waals surface area contributed by atoms with Crippen LogP contribution in [0.4, 0.5) is 0 Å². The predicted octanol–water partition coefficient (Wildman–Crippen LogP) is 3.24.